The summed E-state index contributed by atoms with van der Waals surface area (Å²) in [5.41, 5.74) is 2.87. The zero-order valence-corrected chi connectivity index (χ0v) is 31.5. The van der Waals surface area contributed by atoms with Gasteiger partial charge in [0.05, 0.1) is 10.6 Å². The molecule has 2 aromatic carbocycles. The molecule has 0 aromatic heterocycles. The van der Waals surface area contributed by atoms with Gasteiger partial charge in [0, 0.05) is 87.9 Å². The van der Waals surface area contributed by atoms with Crippen LogP contribution in [0.2, 0.25) is 5.02 Å². The third-order valence-electron chi connectivity index (χ3n) is 11.8. The van der Waals surface area contributed by atoms with Gasteiger partial charge in [0.1, 0.15) is 29.7 Å². The second kappa shape index (κ2) is 15.5. The highest BCUT2D eigenvalue weighted by molar-refractivity contribution is 6.31. The summed E-state index contributed by atoms with van der Waals surface area (Å²) in [6.07, 6.45) is 4.94. The number of ether oxygens (including phenoxy) is 2. The van der Waals surface area contributed by atoms with Crippen LogP contribution in [-0.4, -0.2) is 113 Å². The van der Waals surface area contributed by atoms with Crippen LogP contribution in [-0.2, 0) is 19.2 Å². The zero-order valence-electron chi connectivity index (χ0n) is 30.7. The Balaban J connectivity index is 0.767. The van der Waals surface area contributed by atoms with Crippen molar-refractivity contribution in [1.82, 2.24) is 24.9 Å². The molecule has 1 aliphatic carbocycles. The topological polar surface area (TPSA) is 170 Å². The van der Waals surface area contributed by atoms with Crippen molar-refractivity contribution in [3.63, 3.8) is 0 Å². The summed E-state index contributed by atoms with van der Waals surface area (Å²) < 4.78 is 11.6. The Morgan fingerprint density at radius 3 is 2.30 bits per heavy atom. The van der Waals surface area contributed by atoms with Crippen molar-refractivity contribution in [3.05, 3.63) is 81.4 Å². The first kappa shape index (κ1) is 37.4. The second-order valence-electron chi connectivity index (χ2n) is 15.3. The fourth-order valence-corrected chi connectivity index (χ4v) is 8.90. The Labute approximate surface area is 328 Å². The molecule has 14 nitrogen and oxygen atoms in total. The normalized spacial score (nSPS) is 23.4. The standard InChI is InChI=1S/C41H41ClN6O8/c42-34-19-31(6-3-26(34)20-43)55-30-11-15-47(16-12-30)41(54)56-29-4-1-25(2-5-29)38(51)46-13-9-24(10-14-46)21-45-22-27-17-32-33(18-28(27)23-45)40(53)48(39(32)52)35-7-8-36(49)44-37(35)50/h1-6,17,19,24,28,30,35H,7-16,18,21-23H2,(H,44,49,50). The predicted octanol–water partition coefficient (Wildman–Crippen LogP) is 3.84. The van der Waals surface area contributed by atoms with Gasteiger partial charge < -0.3 is 19.3 Å². The molecule has 290 valence electrons. The molecule has 2 unspecified atom stereocenters. The van der Waals surface area contributed by atoms with Gasteiger partial charge in [-0.15, -0.1) is 0 Å². The van der Waals surface area contributed by atoms with Gasteiger partial charge in [-0.05, 0) is 80.0 Å². The molecular formula is C41H41ClN6O8. The highest BCUT2D eigenvalue weighted by atomic mass is 35.5. The number of hydrogen-bond acceptors (Lipinski definition) is 10. The average Bonchev–Trinajstić information content (AvgIpc) is 3.70. The number of carbonyl (C=O) groups excluding carboxylic acids is 6. The van der Waals surface area contributed by atoms with E-state index in [1.54, 1.807) is 47.4 Å². The van der Waals surface area contributed by atoms with Crippen LogP contribution in [0.3, 0.4) is 0 Å². The molecule has 0 radical (unpaired) electrons. The van der Waals surface area contributed by atoms with E-state index in [0.29, 0.717) is 96.7 Å². The van der Waals surface area contributed by atoms with E-state index in [4.69, 9.17) is 26.3 Å². The average molecular weight is 781 g/mol. The summed E-state index contributed by atoms with van der Waals surface area (Å²) in [5, 5.41) is 11.6. The summed E-state index contributed by atoms with van der Waals surface area (Å²) in [6.45, 7) is 4.54. The number of fused-ring (bicyclic) bond motifs is 1. The number of carbonyl (C=O) groups is 6. The van der Waals surface area contributed by atoms with Gasteiger partial charge in [-0.25, -0.2) is 4.79 Å². The summed E-state index contributed by atoms with van der Waals surface area (Å²) in [7, 11) is 0. The van der Waals surface area contributed by atoms with Crippen LogP contribution < -0.4 is 14.8 Å². The highest BCUT2D eigenvalue weighted by Crippen LogP contribution is 2.41. The highest BCUT2D eigenvalue weighted by Gasteiger charge is 2.48. The molecule has 2 aromatic rings. The second-order valence-corrected chi connectivity index (χ2v) is 15.7. The number of rotatable bonds is 7. The molecule has 1 N–H and O–H groups in total. The van der Waals surface area contributed by atoms with E-state index < -0.39 is 35.8 Å². The van der Waals surface area contributed by atoms with Crippen molar-refractivity contribution in [3.8, 4) is 17.6 Å². The van der Waals surface area contributed by atoms with Crippen molar-refractivity contribution in [1.29, 1.82) is 5.26 Å². The molecule has 6 aliphatic rings. The van der Waals surface area contributed by atoms with Gasteiger partial charge in [-0.2, -0.15) is 5.26 Å². The lowest BCUT2D eigenvalue weighted by atomic mass is 9.86. The maximum Gasteiger partial charge on any atom is 0.415 e. The Morgan fingerprint density at radius 1 is 0.893 bits per heavy atom. The summed E-state index contributed by atoms with van der Waals surface area (Å²) in [4.78, 5) is 83.8. The lowest BCUT2D eigenvalue weighted by Crippen LogP contribution is -2.54. The Kier molecular flexibility index (Phi) is 10.4. The molecule has 56 heavy (non-hydrogen) atoms. The van der Waals surface area contributed by atoms with Crippen molar-refractivity contribution >= 4 is 47.2 Å². The van der Waals surface area contributed by atoms with E-state index in [-0.39, 0.29) is 30.8 Å². The van der Waals surface area contributed by atoms with Gasteiger partial charge in [-0.3, -0.25) is 39.1 Å². The molecule has 5 heterocycles. The minimum Gasteiger partial charge on any atom is -0.490 e. The lowest BCUT2D eigenvalue weighted by Gasteiger charge is -2.34. The number of hydrogen-bond donors (Lipinski definition) is 1. The maximum absolute atomic E-state index is 13.4. The molecule has 8 rings (SSSR count). The molecule has 0 spiro atoms. The molecule has 4 saturated heterocycles. The maximum atomic E-state index is 13.4. The zero-order chi connectivity index (χ0) is 39.1. The number of nitrogens with one attached hydrogen (secondary N) is 1. The van der Waals surface area contributed by atoms with Crippen molar-refractivity contribution in [2.75, 3.05) is 45.8 Å². The SMILES string of the molecule is N#Cc1ccc(OC2CCN(C(=O)Oc3ccc(C(=O)N4CCC(CN5CC6=CC7=C(CC6C5)C(=O)N(C5CCC(=O)NC5=O)C7=O)CC4)cc3)CC2)cc1Cl. The molecule has 5 aliphatic heterocycles. The van der Waals surface area contributed by atoms with Crippen LogP contribution in [0.25, 0.3) is 0 Å². The van der Waals surface area contributed by atoms with Crippen molar-refractivity contribution in [2.24, 2.45) is 11.8 Å². The summed E-state index contributed by atoms with van der Waals surface area (Å²) in [5.74, 6) is -0.466. The van der Waals surface area contributed by atoms with Crippen molar-refractivity contribution < 1.29 is 38.2 Å². The molecule has 0 bridgehead atoms. The lowest BCUT2D eigenvalue weighted by molar-refractivity contribution is -0.150. The third-order valence-corrected chi connectivity index (χ3v) is 12.1. The van der Waals surface area contributed by atoms with Gasteiger partial charge in [0.25, 0.3) is 17.7 Å². The van der Waals surface area contributed by atoms with E-state index in [9.17, 15) is 28.8 Å². The van der Waals surface area contributed by atoms with E-state index in [1.165, 1.54) is 0 Å². The Bertz CT molecular complexity index is 2090. The predicted molar refractivity (Wildman–Crippen MR) is 200 cm³/mol. The van der Waals surface area contributed by atoms with E-state index in [2.05, 4.69) is 10.2 Å². The Morgan fingerprint density at radius 2 is 1.61 bits per heavy atom. The monoisotopic (exact) mass is 780 g/mol. The van der Waals surface area contributed by atoms with E-state index >= 15 is 0 Å². The fraction of sp³-hybridized carbons (Fsp3) is 0.439. The van der Waals surface area contributed by atoms with Gasteiger partial charge in [0.2, 0.25) is 11.8 Å². The molecule has 0 saturated carbocycles. The van der Waals surface area contributed by atoms with Crippen LogP contribution in [0, 0.1) is 23.2 Å². The van der Waals surface area contributed by atoms with Crippen LogP contribution in [0.1, 0.15) is 60.9 Å². The van der Waals surface area contributed by atoms with Crippen LogP contribution in [0.5, 0.6) is 11.5 Å². The van der Waals surface area contributed by atoms with Gasteiger partial charge >= 0.3 is 6.09 Å². The van der Waals surface area contributed by atoms with E-state index in [0.717, 1.165) is 36.4 Å². The smallest absolute Gasteiger partial charge is 0.415 e. The quantitative estimate of drug-likeness (QED) is 0.408. The minimum atomic E-state index is -0.957. The third kappa shape index (κ3) is 7.53. The Hall–Kier alpha value is -5.52. The van der Waals surface area contributed by atoms with Gasteiger partial charge in [-0.1, -0.05) is 17.2 Å². The molecule has 2 atom stereocenters. The number of benzene rings is 2. The van der Waals surface area contributed by atoms with E-state index in [1.807, 2.05) is 17.0 Å². The first-order valence-corrected chi connectivity index (χ1v) is 19.5. The first-order valence-electron chi connectivity index (χ1n) is 19.1. The van der Waals surface area contributed by atoms with Crippen LogP contribution in [0.4, 0.5) is 4.79 Å². The van der Waals surface area contributed by atoms with Crippen LogP contribution >= 0.6 is 11.6 Å². The van der Waals surface area contributed by atoms with Gasteiger partial charge in [0.15, 0.2) is 0 Å². The molecular weight excluding hydrogens is 740 g/mol. The molecule has 15 heteroatoms. The number of amides is 6. The first-order chi connectivity index (χ1) is 27.0. The summed E-state index contributed by atoms with van der Waals surface area (Å²) in [6, 6.07) is 12.7. The fourth-order valence-electron chi connectivity index (χ4n) is 8.69. The molecule has 6 amide bonds. The number of nitriles is 1. The number of likely N-dealkylation sites (tertiary alicyclic amines) is 3. The minimum absolute atomic E-state index is 0.0643. The van der Waals surface area contributed by atoms with Crippen molar-refractivity contribution in [2.45, 2.75) is 57.1 Å². The molecule has 4 fully saturated rings. The summed E-state index contributed by atoms with van der Waals surface area (Å²) >= 11 is 6.12. The number of halogens is 1. The number of imide groups is 2. The largest absolute Gasteiger partial charge is 0.490 e. The van der Waals surface area contributed by atoms with Crippen LogP contribution in [0.15, 0.2) is 65.3 Å². The number of nitrogens with zero attached hydrogens (tertiary/aromatic N) is 5. The number of piperidine rings is 3.